The first-order valence-electron chi connectivity index (χ1n) is 4.69. The van der Waals surface area contributed by atoms with Crippen LogP contribution < -0.4 is 0 Å². The van der Waals surface area contributed by atoms with Crippen molar-refractivity contribution < 1.29 is 4.52 Å². The van der Waals surface area contributed by atoms with Crippen LogP contribution in [0.1, 0.15) is 18.3 Å². The van der Waals surface area contributed by atoms with Crippen LogP contribution in [0.5, 0.6) is 0 Å². The second kappa shape index (κ2) is 3.62. The molecule has 0 radical (unpaired) electrons. The summed E-state index contributed by atoms with van der Waals surface area (Å²) >= 11 is 0. The number of hydrogen-bond acceptors (Lipinski definition) is 3. The molecule has 2 rings (SSSR count). The molecule has 0 spiro atoms. The largest absolute Gasteiger partial charge is 0.334 e. The van der Waals surface area contributed by atoms with Gasteiger partial charge in [0.15, 0.2) is 5.82 Å². The minimum absolute atomic E-state index is 0.588. The van der Waals surface area contributed by atoms with Crippen LogP contribution in [0.3, 0.4) is 0 Å². The summed E-state index contributed by atoms with van der Waals surface area (Å²) in [4.78, 5) is 4.16. The zero-order chi connectivity index (χ0) is 9.97. The van der Waals surface area contributed by atoms with Gasteiger partial charge in [0, 0.05) is 5.56 Å². The van der Waals surface area contributed by atoms with Gasteiger partial charge in [0.1, 0.15) is 0 Å². The maximum atomic E-state index is 5.06. The molecule has 1 aromatic heterocycles. The first kappa shape index (κ1) is 8.94. The van der Waals surface area contributed by atoms with Crippen molar-refractivity contribution in [3.63, 3.8) is 0 Å². The van der Waals surface area contributed by atoms with Gasteiger partial charge in [0.25, 0.3) is 5.89 Å². The van der Waals surface area contributed by atoms with Crippen molar-refractivity contribution in [3.8, 4) is 11.5 Å². The summed E-state index contributed by atoms with van der Waals surface area (Å²) in [6, 6.07) is 8.17. The number of nitrogens with zero attached hydrogens (tertiary/aromatic N) is 2. The second-order valence-electron chi connectivity index (χ2n) is 3.20. The Bertz CT molecular complexity index is 417. The minimum atomic E-state index is 0.588. The van der Waals surface area contributed by atoms with Crippen LogP contribution in [0.15, 0.2) is 28.8 Å². The van der Waals surface area contributed by atoms with Crippen molar-refractivity contribution >= 4 is 0 Å². The van der Waals surface area contributed by atoms with Crippen LogP contribution in [-0.2, 0) is 6.42 Å². The van der Waals surface area contributed by atoms with E-state index in [1.54, 1.807) is 0 Å². The highest BCUT2D eigenvalue weighted by atomic mass is 16.5. The fraction of sp³-hybridized carbons (Fsp3) is 0.273. The Morgan fingerprint density at radius 2 is 1.93 bits per heavy atom. The smallest absolute Gasteiger partial charge is 0.257 e. The number of aromatic nitrogens is 2. The molecule has 0 fully saturated rings. The van der Waals surface area contributed by atoms with E-state index >= 15 is 0 Å². The van der Waals surface area contributed by atoms with Gasteiger partial charge < -0.3 is 4.52 Å². The summed E-state index contributed by atoms with van der Waals surface area (Å²) in [6.07, 6.45) is 1.04. The van der Waals surface area contributed by atoms with Gasteiger partial charge in [0.2, 0.25) is 0 Å². The first-order valence-corrected chi connectivity index (χ1v) is 4.69. The van der Waals surface area contributed by atoms with E-state index < -0.39 is 0 Å². The van der Waals surface area contributed by atoms with Crippen molar-refractivity contribution in [3.05, 3.63) is 35.7 Å². The minimum Gasteiger partial charge on any atom is -0.334 e. The van der Waals surface area contributed by atoms with Gasteiger partial charge in [0.05, 0.1) is 0 Å². The Morgan fingerprint density at radius 1 is 1.21 bits per heavy atom. The highest BCUT2D eigenvalue weighted by molar-refractivity contribution is 5.53. The molecule has 1 aromatic carbocycles. The molecule has 1 heterocycles. The van der Waals surface area contributed by atoms with E-state index in [-0.39, 0.29) is 0 Å². The molecule has 0 bridgehead atoms. The fourth-order valence-electron chi connectivity index (χ4n) is 1.30. The van der Waals surface area contributed by atoms with Gasteiger partial charge >= 0.3 is 0 Å². The van der Waals surface area contributed by atoms with Gasteiger partial charge in [-0.25, -0.2) is 0 Å². The third kappa shape index (κ3) is 1.66. The Morgan fingerprint density at radius 3 is 2.43 bits per heavy atom. The van der Waals surface area contributed by atoms with Crippen molar-refractivity contribution in [1.29, 1.82) is 0 Å². The summed E-state index contributed by atoms with van der Waals surface area (Å²) < 4.78 is 5.06. The van der Waals surface area contributed by atoms with E-state index in [9.17, 15) is 0 Å². The van der Waals surface area contributed by atoms with E-state index in [1.165, 1.54) is 5.56 Å². The van der Waals surface area contributed by atoms with Gasteiger partial charge in [-0.15, -0.1) is 0 Å². The third-order valence-electron chi connectivity index (χ3n) is 2.14. The van der Waals surface area contributed by atoms with E-state index in [0.717, 1.165) is 12.0 Å². The predicted octanol–water partition coefficient (Wildman–Crippen LogP) is 2.61. The van der Waals surface area contributed by atoms with Crippen LogP contribution in [0, 0.1) is 6.92 Å². The van der Waals surface area contributed by atoms with Gasteiger partial charge in [-0.1, -0.05) is 24.2 Å². The fourth-order valence-corrected chi connectivity index (χ4v) is 1.30. The van der Waals surface area contributed by atoms with Gasteiger partial charge in [-0.3, -0.25) is 0 Å². The van der Waals surface area contributed by atoms with Gasteiger partial charge in [-0.2, -0.15) is 4.98 Å². The number of aryl methyl sites for hydroxylation is 2. The van der Waals surface area contributed by atoms with E-state index in [4.69, 9.17) is 4.52 Å². The average molecular weight is 188 g/mol. The molecule has 14 heavy (non-hydrogen) atoms. The summed E-state index contributed by atoms with van der Waals surface area (Å²) in [7, 11) is 0. The van der Waals surface area contributed by atoms with E-state index in [2.05, 4.69) is 29.2 Å². The Kier molecular flexibility index (Phi) is 2.31. The molecule has 0 aliphatic heterocycles. The maximum Gasteiger partial charge on any atom is 0.257 e. The quantitative estimate of drug-likeness (QED) is 0.727. The van der Waals surface area contributed by atoms with E-state index in [0.29, 0.717) is 11.7 Å². The van der Waals surface area contributed by atoms with Crippen molar-refractivity contribution in [2.24, 2.45) is 0 Å². The standard InChI is InChI=1S/C11H12N2O/c1-3-9-4-6-10(7-5-9)11-12-8(2)13-14-11/h4-7H,3H2,1-2H3. The molecular formula is C11H12N2O. The molecule has 0 aliphatic carbocycles. The van der Waals surface area contributed by atoms with E-state index in [1.807, 2.05) is 19.1 Å². The lowest BCUT2D eigenvalue weighted by Crippen LogP contribution is -1.81. The van der Waals surface area contributed by atoms with Crippen molar-refractivity contribution in [1.82, 2.24) is 10.1 Å². The lowest BCUT2D eigenvalue weighted by Gasteiger charge is -1.96. The molecule has 0 N–H and O–H groups in total. The summed E-state index contributed by atoms with van der Waals surface area (Å²) in [5.74, 6) is 1.25. The molecular weight excluding hydrogens is 176 g/mol. The second-order valence-corrected chi connectivity index (χ2v) is 3.20. The molecule has 0 saturated heterocycles. The number of hydrogen-bond donors (Lipinski definition) is 0. The zero-order valence-corrected chi connectivity index (χ0v) is 8.32. The number of benzene rings is 1. The number of rotatable bonds is 2. The Labute approximate surface area is 82.8 Å². The molecule has 3 nitrogen and oxygen atoms in total. The SMILES string of the molecule is CCc1ccc(-c2nc(C)no2)cc1. The normalized spacial score (nSPS) is 10.4. The molecule has 0 amide bonds. The Balaban J connectivity index is 2.33. The highest BCUT2D eigenvalue weighted by Gasteiger charge is 2.04. The first-order chi connectivity index (χ1) is 6.79. The highest BCUT2D eigenvalue weighted by Crippen LogP contribution is 2.17. The molecule has 72 valence electrons. The summed E-state index contributed by atoms with van der Waals surface area (Å²) in [5, 5.41) is 3.75. The molecule has 0 unspecified atom stereocenters. The van der Waals surface area contributed by atoms with Gasteiger partial charge in [-0.05, 0) is 31.0 Å². The molecule has 3 heteroatoms. The molecule has 0 saturated carbocycles. The lowest BCUT2D eigenvalue weighted by atomic mass is 10.1. The summed E-state index contributed by atoms with van der Waals surface area (Å²) in [6.45, 7) is 3.94. The maximum absolute atomic E-state index is 5.06. The predicted molar refractivity (Wildman–Crippen MR) is 53.8 cm³/mol. The van der Waals surface area contributed by atoms with Crippen LogP contribution >= 0.6 is 0 Å². The topological polar surface area (TPSA) is 38.9 Å². The Hall–Kier alpha value is -1.64. The van der Waals surface area contributed by atoms with Crippen molar-refractivity contribution in [2.45, 2.75) is 20.3 Å². The van der Waals surface area contributed by atoms with Crippen LogP contribution in [0.4, 0.5) is 0 Å². The van der Waals surface area contributed by atoms with Crippen molar-refractivity contribution in [2.75, 3.05) is 0 Å². The van der Waals surface area contributed by atoms with Crippen LogP contribution in [0.2, 0.25) is 0 Å². The molecule has 0 aliphatic rings. The molecule has 2 aromatic rings. The van der Waals surface area contributed by atoms with Crippen LogP contribution in [-0.4, -0.2) is 10.1 Å². The molecule has 0 atom stereocenters. The van der Waals surface area contributed by atoms with Crippen LogP contribution in [0.25, 0.3) is 11.5 Å². The average Bonchev–Trinajstić information content (AvgIpc) is 2.65. The zero-order valence-electron chi connectivity index (χ0n) is 8.32. The lowest BCUT2D eigenvalue weighted by molar-refractivity contribution is 0.425. The summed E-state index contributed by atoms with van der Waals surface area (Å²) in [5.41, 5.74) is 2.28. The third-order valence-corrected chi connectivity index (χ3v) is 2.14. The monoisotopic (exact) mass is 188 g/mol.